The Balaban J connectivity index is 1.67. The number of hydrogen-bond donors (Lipinski definition) is 2. The van der Waals surface area contributed by atoms with E-state index in [0.29, 0.717) is 18.4 Å². The number of likely N-dealkylation sites (tertiary alicyclic amines) is 1. The van der Waals surface area contributed by atoms with Gasteiger partial charge in [0.25, 0.3) is 0 Å². The highest BCUT2D eigenvalue weighted by molar-refractivity contribution is 7.89. The molecule has 2 aliphatic rings. The first kappa shape index (κ1) is 27.1. The third-order valence-corrected chi connectivity index (χ3v) is 9.55. The van der Waals surface area contributed by atoms with Crippen LogP contribution in [0, 0.1) is 34.0 Å². The van der Waals surface area contributed by atoms with Crippen LogP contribution in [0.3, 0.4) is 0 Å². The maximum Gasteiger partial charge on any atom is 0.244 e. The molecule has 1 aliphatic carbocycles. The molecule has 2 aromatic carbocycles. The number of sulfonamides is 1. The summed E-state index contributed by atoms with van der Waals surface area (Å²) in [5, 5.41) is 13.5. The van der Waals surface area contributed by atoms with Crippen molar-refractivity contribution in [2.75, 3.05) is 6.54 Å². The number of nitrogens with zero attached hydrogens (tertiary/aromatic N) is 2. The second kappa shape index (κ2) is 9.41. The van der Waals surface area contributed by atoms with Gasteiger partial charge in [-0.25, -0.2) is 8.42 Å². The first-order chi connectivity index (χ1) is 17.2. The van der Waals surface area contributed by atoms with Gasteiger partial charge in [0.15, 0.2) is 0 Å². The summed E-state index contributed by atoms with van der Waals surface area (Å²) in [5.41, 5.74) is -0.872. The van der Waals surface area contributed by atoms with E-state index in [1.165, 1.54) is 11.0 Å². The molecule has 1 aliphatic heterocycles. The lowest BCUT2D eigenvalue weighted by atomic mass is 9.86. The summed E-state index contributed by atoms with van der Waals surface area (Å²) in [6.07, 6.45) is 0.454. The van der Waals surface area contributed by atoms with E-state index in [2.05, 4.69) is 30.0 Å². The predicted molar refractivity (Wildman–Crippen MR) is 142 cm³/mol. The van der Waals surface area contributed by atoms with Crippen molar-refractivity contribution >= 4 is 32.6 Å². The highest BCUT2D eigenvalue weighted by Gasteiger charge is 2.69. The van der Waals surface area contributed by atoms with Crippen LogP contribution < -0.4 is 10.0 Å². The van der Waals surface area contributed by atoms with Crippen molar-refractivity contribution in [3.8, 4) is 6.07 Å². The van der Waals surface area contributed by atoms with Gasteiger partial charge in [0, 0.05) is 11.9 Å². The van der Waals surface area contributed by atoms with E-state index in [4.69, 9.17) is 0 Å². The minimum absolute atomic E-state index is 0.0389. The lowest BCUT2D eigenvalue weighted by Crippen LogP contribution is -2.59. The fourth-order valence-electron chi connectivity index (χ4n) is 5.71. The summed E-state index contributed by atoms with van der Waals surface area (Å²) < 4.78 is 30.0. The first-order valence-electron chi connectivity index (χ1n) is 12.7. The number of nitrogens with one attached hydrogen (secondary N) is 2. The number of carbonyl (C=O) groups excluding carboxylic acids is 2. The lowest BCUT2D eigenvalue weighted by molar-refractivity contribution is -0.143. The zero-order valence-corrected chi connectivity index (χ0v) is 23.1. The summed E-state index contributed by atoms with van der Waals surface area (Å²) in [4.78, 5) is 29.0. The number of benzene rings is 2. The Morgan fingerprint density at radius 2 is 1.81 bits per heavy atom. The van der Waals surface area contributed by atoms with Gasteiger partial charge in [-0.3, -0.25) is 9.59 Å². The molecule has 1 heterocycles. The molecule has 4 rings (SSSR count). The van der Waals surface area contributed by atoms with Crippen molar-refractivity contribution in [3.05, 3.63) is 42.5 Å². The summed E-state index contributed by atoms with van der Waals surface area (Å²) in [6.45, 7) is 11.8. The molecule has 8 nitrogen and oxygen atoms in total. The van der Waals surface area contributed by atoms with E-state index >= 15 is 0 Å². The number of nitriles is 1. The number of rotatable bonds is 7. The lowest BCUT2D eigenvalue weighted by Gasteiger charge is -2.37. The van der Waals surface area contributed by atoms with Crippen LogP contribution in [0.1, 0.15) is 48.0 Å². The van der Waals surface area contributed by atoms with Gasteiger partial charge in [0.05, 0.1) is 11.0 Å². The second-order valence-corrected chi connectivity index (χ2v) is 13.6. The van der Waals surface area contributed by atoms with Crippen molar-refractivity contribution in [1.82, 2.24) is 14.9 Å². The Morgan fingerprint density at radius 3 is 2.43 bits per heavy atom. The maximum absolute atomic E-state index is 14.0. The predicted octanol–water partition coefficient (Wildman–Crippen LogP) is 3.43. The Labute approximate surface area is 219 Å². The van der Waals surface area contributed by atoms with Crippen molar-refractivity contribution < 1.29 is 18.0 Å². The largest absolute Gasteiger partial charge is 0.339 e. The topological polar surface area (TPSA) is 119 Å². The minimum Gasteiger partial charge on any atom is -0.339 e. The van der Waals surface area contributed by atoms with Gasteiger partial charge in [-0.2, -0.15) is 9.98 Å². The molecular weight excluding hydrogens is 488 g/mol. The molecule has 0 radical (unpaired) electrons. The maximum atomic E-state index is 14.0. The summed E-state index contributed by atoms with van der Waals surface area (Å²) in [5.74, 6) is -0.679. The molecular formula is C28H36N4O4S. The average molecular weight is 525 g/mol. The summed E-state index contributed by atoms with van der Waals surface area (Å²) in [6, 6.07) is 11.9. The van der Waals surface area contributed by atoms with Crippen molar-refractivity contribution in [2.45, 2.75) is 71.0 Å². The molecule has 5 atom stereocenters. The van der Waals surface area contributed by atoms with Gasteiger partial charge in [-0.15, -0.1) is 0 Å². The van der Waals surface area contributed by atoms with Gasteiger partial charge in [-0.1, -0.05) is 77.9 Å². The van der Waals surface area contributed by atoms with Crippen molar-refractivity contribution in [3.63, 3.8) is 0 Å². The quantitative estimate of drug-likeness (QED) is 0.575. The molecule has 2 aromatic rings. The molecule has 0 aromatic heterocycles. The SMILES string of the molecule is CC[C@@H](C#N)NC(=O)[C@@H]1[C@@H]2[C@H](CN1C(=O)[C@@H](NS(=O)(=O)c1cccc3ccccc13)C(C)(C)C)C2(C)C. The second-order valence-electron chi connectivity index (χ2n) is 11.9. The number of piperidine rings is 1. The molecule has 2 N–H and O–H groups in total. The van der Waals surface area contributed by atoms with Crippen molar-refractivity contribution in [2.24, 2.45) is 22.7 Å². The molecule has 0 unspecified atom stereocenters. The Bertz CT molecular complexity index is 1370. The van der Waals surface area contributed by atoms with Crippen LogP contribution in [0.2, 0.25) is 0 Å². The third kappa shape index (κ3) is 4.85. The molecule has 198 valence electrons. The number of carbonyl (C=O) groups is 2. The zero-order valence-electron chi connectivity index (χ0n) is 22.3. The Kier molecular flexibility index (Phi) is 6.89. The smallest absolute Gasteiger partial charge is 0.244 e. The molecule has 9 heteroatoms. The monoisotopic (exact) mass is 524 g/mol. The molecule has 0 bridgehead atoms. The molecule has 1 saturated carbocycles. The highest BCUT2D eigenvalue weighted by Crippen LogP contribution is 2.65. The van der Waals surface area contributed by atoms with Gasteiger partial charge in [-0.05, 0) is 40.5 Å². The van der Waals surface area contributed by atoms with Crippen LogP contribution >= 0.6 is 0 Å². The van der Waals surface area contributed by atoms with Crippen LogP contribution in [0.5, 0.6) is 0 Å². The number of amides is 2. The van der Waals surface area contributed by atoms with Crippen LogP contribution in [-0.4, -0.2) is 49.8 Å². The zero-order chi connectivity index (χ0) is 27.3. The van der Waals surface area contributed by atoms with Crippen LogP contribution in [0.4, 0.5) is 0 Å². The molecule has 37 heavy (non-hydrogen) atoms. The van der Waals surface area contributed by atoms with E-state index in [0.717, 1.165) is 5.39 Å². The van der Waals surface area contributed by atoms with Crippen LogP contribution in [0.25, 0.3) is 10.8 Å². The third-order valence-electron chi connectivity index (χ3n) is 8.07. The standard InChI is InChI=1S/C28H36N4O4S/c1-7-18(15-29)30-25(33)23-22-20(28(22,5)6)16-32(23)26(34)24(27(2,3)4)31-37(35,36)21-14-10-12-17-11-8-9-13-19(17)21/h8-14,18,20,22-24,31H,7,16H2,1-6H3,(H,30,33)/t18-,20-,22-,23-,24+/m0/s1. The first-order valence-corrected chi connectivity index (χ1v) is 14.2. The van der Waals surface area contributed by atoms with E-state index in [1.54, 1.807) is 39.0 Å². The van der Waals surface area contributed by atoms with Gasteiger partial charge >= 0.3 is 0 Å². The fraction of sp³-hybridized carbons (Fsp3) is 0.536. The van der Waals surface area contributed by atoms with Gasteiger partial charge in [0.1, 0.15) is 18.1 Å². The number of fused-ring (bicyclic) bond motifs is 2. The molecule has 0 spiro atoms. The molecule has 2 amide bonds. The van der Waals surface area contributed by atoms with Gasteiger partial charge in [0.2, 0.25) is 21.8 Å². The van der Waals surface area contributed by atoms with E-state index in [9.17, 15) is 23.3 Å². The molecule has 1 saturated heterocycles. The summed E-state index contributed by atoms with van der Waals surface area (Å²) >= 11 is 0. The van der Waals surface area contributed by atoms with Crippen LogP contribution in [0.15, 0.2) is 47.4 Å². The summed E-state index contributed by atoms with van der Waals surface area (Å²) in [7, 11) is -4.07. The molecule has 2 fully saturated rings. The average Bonchev–Trinajstić information content (AvgIpc) is 3.17. The Hall–Kier alpha value is -2.96. The van der Waals surface area contributed by atoms with Gasteiger partial charge < -0.3 is 10.2 Å². The van der Waals surface area contributed by atoms with Crippen LogP contribution in [-0.2, 0) is 19.6 Å². The normalized spacial score (nSPS) is 24.1. The van der Waals surface area contributed by atoms with E-state index in [-0.39, 0.29) is 28.1 Å². The van der Waals surface area contributed by atoms with E-state index in [1.807, 2.05) is 25.1 Å². The number of hydrogen-bond acceptors (Lipinski definition) is 5. The highest BCUT2D eigenvalue weighted by atomic mass is 32.2. The minimum atomic E-state index is -4.07. The van der Waals surface area contributed by atoms with Crippen molar-refractivity contribution in [1.29, 1.82) is 5.26 Å². The fourth-order valence-corrected chi connectivity index (χ4v) is 7.33. The van der Waals surface area contributed by atoms with E-state index < -0.39 is 39.5 Å². The Morgan fingerprint density at radius 1 is 1.16 bits per heavy atom.